The lowest BCUT2D eigenvalue weighted by Gasteiger charge is -2.15. The fourth-order valence-electron chi connectivity index (χ4n) is 1.54. The molecule has 1 saturated heterocycles. The van der Waals surface area contributed by atoms with E-state index in [4.69, 9.17) is 10.00 Å². The molecule has 0 aromatic carbocycles. The van der Waals surface area contributed by atoms with Gasteiger partial charge in [0.2, 0.25) is 5.91 Å². The molecule has 1 heterocycles. The Kier molecular flexibility index (Phi) is 5.08. The minimum absolute atomic E-state index is 0.0654. The van der Waals surface area contributed by atoms with Crippen LogP contribution in [0, 0.1) is 11.3 Å². The molecule has 1 fully saturated rings. The van der Waals surface area contributed by atoms with Gasteiger partial charge < -0.3 is 15.4 Å². The number of hydrogen-bond acceptors (Lipinski definition) is 4. The number of nitrogens with one attached hydrogen (secondary N) is 2. The molecule has 1 aliphatic rings. The summed E-state index contributed by atoms with van der Waals surface area (Å²) < 4.78 is 5.36. The Bertz CT molecular complexity index is 250. The predicted molar refractivity (Wildman–Crippen MR) is 55.1 cm³/mol. The molecule has 1 amide bonds. The third-order valence-corrected chi connectivity index (χ3v) is 2.46. The lowest BCUT2D eigenvalue weighted by Crippen LogP contribution is -2.42. The van der Waals surface area contributed by atoms with Crippen molar-refractivity contribution >= 4 is 5.91 Å². The van der Waals surface area contributed by atoms with Gasteiger partial charge in [-0.25, -0.2) is 0 Å². The van der Waals surface area contributed by atoms with Crippen LogP contribution in [0.25, 0.3) is 0 Å². The van der Waals surface area contributed by atoms with Crippen LogP contribution in [0.3, 0.4) is 0 Å². The molecule has 5 nitrogen and oxygen atoms in total. The Morgan fingerprint density at radius 3 is 3.07 bits per heavy atom. The van der Waals surface area contributed by atoms with Crippen LogP contribution in [-0.2, 0) is 9.53 Å². The molecule has 0 aromatic rings. The van der Waals surface area contributed by atoms with Crippen molar-refractivity contribution in [2.45, 2.75) is 31.9 Å². The van der Waals surface area contributed by atoms with E-state index in [1.54, 1.807) is 0 Å². The highest BCUT2D eigenvalue weighted by atomic mass is 16.5. The molecule has 1 rings (SSSR count). The Morgan fingerprint density at radius 1 is 1.67 bits per heavy atom. The van der Waals surface area contributed by atoms with E-state index in [1.165, 1.54) is 0 Å². The molecule has 5 heteroatoms. The normalized spacial score (nSPS) is 24.8. The van der Waals surface area contributed by atoms with E-state index in [9.17, 15) is 4.79 Å². The summed E-state index contributed by atoms with van der Waals surface area (Å²) in [5, 5.41) is 14.1. The molecule has 84 valence electrons. The van der Waals surface area contributed by atoms with Crippen LogP contribution in [0.1, 0.15) is 19.8 Å². The summed E-state index contributed by atoms with van der Waals surface area (Å²) in [7, 11) is 0. The summed E-state index contributed by atoms with van der Waals surface area (Å²) in [6.07, 6.45) is 1.48. The second kappa shape index (κ2) is 6.38. The van der Waals surface area contributed by atoms with Crippen molar-refractivity contribution in [3.05, 3.63) is 0 Å². The van der Waals surface area contributed by atoms with E-state index in [0.717, 1.165) is 13.0 Å². The molecule has 0 aliphatic carbocycles. The van der Waals surface area contributed by atoms with E-state index in [-0.39, 0.29) is 18.1 Å². The van der Waals surface area contributed by atoms with Gasteiger partial charge >= 0.3 is 0 Å². The Morgan fingerprint density at radius 2 is 2.47 bits per heavy atom. The topological polar surface area (TPSA) is 74.2 Å². The van der Waals surface area contributed by atoms with E-state index >= 15 is 0 Å². The molecule has 2 N–H and O–H groups in total. The molecular weight excluding hydrogens is 194 g/mol. The van der Waals surface area contributed by atoms with Crippen molar-refractivity contribution in [3.63, 3.8) is 0 Å². The van der Waals surface area contributed by atoms with Crippen molar-refractivity contribution in [1.82, 2.24) is 10.6 Å². The number of hydrogen-bond donors (Lipinski definition) is 2. The summed E-state index contributed by atoms with van der Waals surface area (Å²) in [5.74, 6) is -0.0654. The monoisotopic (exact) mass is 211 g/mol. The van der Waals surface area contributed by atoms with Gasteiger partial charge in [0, 0.05) is 19.2 Å². The summed E-state index contributed by atoms with van der Waals surface area (Å²) in [4.78, 5) is 11.3. The molecule has 0 aromatic heterocycles. The van der Waals surface area contributed by atoms with Crippen LogP contribution in [0.5, 0.6) is 0 Å². The van der Waals surface area contributed by atoms with E-state index < -0.39 is 0 Å². The van der Waals surface area contributed by atoms with Gasteiger partial charge in [0.25, 0.3) is 0 Å². The third kappa shape index (κ3) is 4.28. The number of ether oxygens (including phenoxy) is 1. The molecule has 15 heavy (non-hydrogen) atoms. The number of rotatable bonds is 5. The zero-order chi connectivity index (χ0) is 11.1. The third-order valence-electron chi connectivity index (χ3n) is 2.46. The smallest absolute Gasteiger partial charge is 0.234 e. The van der Waals surface area contributed by atoms with E-state index in [0.29, 0.717) is 19.5 Å². The van der Waals surface area contributed by atoms with Crippen molar-refractivity contribution < 1.29 is 9.53 Å². The zero-order valence-electron chi connectivity index (χ0n) is 8.95. The molecule has 2 atom stereocenters. The van der Waals surface area contributed by atoms with Crippen LogP contribution in [-0.4, -0.2) is 37.7 Å². The average molecular weight is 211 g/mol. The summed E-state index contributed by atoms with van der Waals surface area (Å²) >= 11 is 0. The molecule has 0 saturated carbocycles. The quantitative estimate of drug-likeness (QED) is 0.617. The van der Waals surface area contributed by atoms with Gasteiger partial charge in [0.15, 0.2) is 0 Å². The summed E-state index contributed by atoms with van der Waals surface area (Å²) in [6.45, 7) is 3.48. The van der Waals surface area contributed by atoms with Crippen LogP contribution in [0.15, 0.2) is 0 Å². The summed E-state index contributed by atoms with van der Waals surface area (Å²) in [6, 6.07) is 2.24. The van der Waals surface area contributed by atoms with Gasteiger partial charge in [-0.1, -0.05) is 0 Å². The van der Waals surface area contributed by atoms with E-state index in [1.807, 2.05) is 13.0 Å². The number of amides is 1. The highest BCUT2D eigenvalue weighted by Gasteiger charge is 2.23. The minimum Gasteiger partial charge on any atom is -0.377 e. The molecular formula is C10H17N3O2. The van der Waals surface area contributed by atoms with Gasteiger partial charge in [0.1, 0.15) is 0 Å². The number of nitriles is 1. The largest absolute Gasteiger partial charge is 0.377 e. The van der Waals surface area contributed by atoms with Gasteiger partial charge in [-0.3, -0.25) is 4.79 Å². The second-order valence-electron chi connectivity index (χ2n) is 3.61. The van der Waals surface area contributed by atoms with Gasteiger partial charge in [0.05, 0.1) is 25.1 Å². The Hall–Kier alpha value is -1.12. The van der Waals surface area contributed by atoms with Crippen molar-refractivity contribution in [3.8, 4) is 6.07 Å². The molecule has 2 unspecified atom stereocenters. The maximum absolute atomic E-state index is 11.3. The number of nitrogens with zero attached hydrogens (tertiary/aromatic N) is 1. The van der Waals surface area contributed by atoms with Crippen LogP contribution in [0.2, 0.25) is 0 Å². The minimum atomic E-state index is -0.0654. The highest BCUT2D eigenvalue weighted by Crippen LogP contribution is 2.11. The molecule has 1 aliphatic heterocycles. The average Bonchev–Trinajstić information content (AvgIpc) is 2.61. The first-order chi connectivity index (χ1) is 7.24. The van der Waals surface area contributed by atoms with Crippen molar-refractivity contribution in [2.75, 3.05) is 19.7 Å². The highest BCUT2D eigenvalue weighted by molar-refractivity contribution is 5.78. The molecule has 0 radical (unpaired) electrons. The maximum atomic E-state index is 11.3. The van der Waals surface area contributed by atoms with Crippen LogP contribution < -0.4 is 10.6 Å². The zero-order valence-corrected chi connectivity index (χ0v) is 8.95. The number of carbonyl (C=O) groups excluding carboxylic acids is 1. The maximum Gasteiger partial charge on any atom is 0.234 e. The number of carbonyl (C=O) groups is 1. The standard InChI is InChI=1S/C10H17N3O2/c1-8-9(3-6-15-8)13-7-10(14)12-5-2-4-11/h8-9,13H,2-3,5-7H2,1H3,(H,12,14). The van der Waals surface area contributed by atoms with Crippen molar-refractivity contribution in [2.24, 2.45) is 0 Å². The first kappa shape index (κ1) is 12.0. The Labute approximate surface area is 89.8 Å². The van der Waals surface area contributed by atoms with Gasteiger partial charge in [-0.2, -0.15) is 5.26 Å². The predicted octanol–water partition coefficient (Wildman–Crippen LogP) is -0.217. The SMILES string of the molecule is CC1OCCC1NCC(=O)NCCC#N. The first-order valence-electron chi connectivity index (χ1n) is 5.22. The molecule has 0 bridgehead atoms. The lowest BCUT2D eigenvalue weighted by atomic mass is 10.1. The van der Waals surface area contributed by atoms with Gasteiger partial charge in [-0.15, -0.1) is 0 Å². The fourth-order valence-corrected chi connectivity index (χ4v) is 1.54. The van der Waals surface area contributed by atoms with Gasteiger partial charge in [-0.05, 0) is 13.3 Å². The van der Waals surface area contributed by atoms with Crippen LogP contribution in [0.4, 0.5) is 0 Å². The summed E-state index contributed by atoms with van der Waals surface area (Å²) in [5.41, 5.74) is 0. The van der Waals surface area contributed by atoms with E-state index in [2.05, 4.69) is 10.6 Å². The lowest BCUT2D eigenvalue weighted by molar-refractivity contribution is -0.120. The Balaban J connectivity index is 2.08. The second-order valence-corrected chi connectivity index (χ2v) is 3.61. The fraction of sp³-hybridized carbons (Fsp3) is 0.800. The van der Waals surface area contributed by atoms with Crippen molar-refractivity contribution in [1.29, 1.82) is 5.26 Å². The first-order valence-corrected chi connectivity index (χ1v) is 5.22. The molecule has 0 spiro atoms. The van der Waals surface area contributed by atoms with Crippen LogP contribution >= 0.6 is 0 Å².